The van der Waals surface area contributed by atoms with Crippen LogP contribution in [0.2, 0.25) is 10.0 Å². The van der Waals surface area contributed by atoms with E-state index in [4.69, 9.17) is 27.6 Å². The molecule has 0 N–H and O–H groups in total. The van der Waals surface area contributed by atoms with Crippen molar-refractivity contribution in [1.29, 1.82) is 0 Å². The number of nitrogens with zero attached hydrogens (tertiary/aromatic N) is 2. The molecular weight excluding hydrogens is 343 g/mol. The highest BCUT2D eigenvalue weighted by Crippen LogP contribution is 2.29. The Morgan fingerprint density at radius 2 is 2.27 bits per heavy atom. The molecule has 1 aromatic carbocycles. The average Bonchev–Trinajstić information content (AvgIpc) is 3.08. The van der Waals surface area contributed by atoms with Gasteiger partial charge in [-0.2, -0.15) is 4.99 Å². The first-order valence-corrected chi connectivity index (χ1v) is 7.89. The van der Waals surface area contributed by atoms with Gasteiger partial charge in [-0.1, -0.05) is 40.6 Å². The van der Waals surface area contributed by atoms with Crippen LogP contribution in [0, 0.1) is 0 Å². The van der Waals surface area contributed by atoms with E-state index in [-0.39, 0.29) is 5.76 Å². The van der Waals surface area contributed by atoms with Crippen LogP contribution >= 0.6 is 34.5 Å². The van der Waals surface area contributed by atoms with Crippen LogP contribution in [-0.4, -0.2) is 10.5 Å². The summed E-state index contributed by atoms with van der Waals surface area (Å²) in [5.74, 6) is -0.261. The van der Waals surface area contributed by atoms with Crippen molar-refractivity contribution in [3.63, 3.8) is 0 Å². The Kier molecular flexibility index (Phi) is 4.20. The molecule has 2 aromatic heterocycles. The van der Waals surface area contributed by atoms with Crippen molar-refractivity contribution in [2.45, 2.75) is 6.54 Å². The van der Waals surface area contributed by atoms with Gasteiger partial charge in [0.05, 0.1) is 21.5 Å². The maximum Gasteiger partial charge on any atom is 0.315 e. The molecule has 112 valence electrons. The maximum atomic E-state index is 12.1. The van der Waals surface area contributed by atoms with E-state index < -0.39 is 5.91 Å². The zero-order valence-corrected chi connectivity index (χ0v) is 13.6. The fourth-order valence-corrected chi connectivity index (χ4v) is 3.88. The summed E-state index contributed by atoms with van der Waals surface area (Å²) in [5.41, 5.74) is 0.780. The van der Waals surface area contributed by atoms with E-state index in [1.54, 1.807) is 30.3 Å². The molecule has 0 aliphatic rings. The molecule has 7 heteroatoms. The summed E-state index contributed by atoms with van der Waals surface area (Å²) in [5, 5.41) is 1.04. The van der Waals surface area contributed by atoms with Crippen LogP contribution in [0.3, 0.4) is 0 Å². The number of aromatic nitrogens is 1. The minimum absolute atomic E-state index is 0.187. The first-order chi connectivity index (χ1) is 10.6. The molecule has 0 radical (unpaired) electrons. The average molecular weight is 353 g/mol. The first kappa shape index (κ1) is 15.1. The lowest BCUT2D eigenvalue weighted by Gasteiger charge is -2.03. The third kappa shape index (κ3) is 2.75. The number of hydrogen-bond acceptors (Lipinski definition) is 3. The molecule has 4 nitrogen and oxygen atoms in total. The normalized spacial score (nSPS) is 12.0. The summed E-state index contributed by atoms with van der Waals surface area (Å²) in [6.45, 7) is 4.21. The van der Waals surface area contributed by atoms with Crippen molar-refractivity contribution in [1.82, 2.24) is 4.57 Å². The number of allylic oxidation sites excluding steroid dienone is 1. The molecule has 0 saturated heterocycles. The molecule has 0 atom stereocenters. The van der Waals surface area contributed by atoms with E-state index >= 15 is 0 Å². The predicted molar refractivity (Wildman–Crippen MR) is 88.6 cm³/mol. The Hall–Kier alpha value is -1.82. The molecule has 2 heterocycles. The number of furan rings is 1. The van der Waals surface area contributed by atoms with Gasteiger partial charge in [-0.25, -0.2) is 0 Å². The number of rotatable bonds is 3. The van der Waals surface area contributed by atoms with Gasteiger partial charge in [0.25, 0.3) is 0 Å². The largest absolute Gasteiger partial charge is 0.459 e. The van der Waals surface area contributed by atoms with Crippen molar-refractivity contribution in [3.8, 4) is 0 Å². The fourth-order valence-electron chi connectivity index (χ4n) is 2.06. The Morgan fingerprint density at radius 3 is 2.95 bits per heavy atom. The molecule has 0 saturated carbocycles. The third-order valence-electron chi connectivity index (χ3n) is 2.94. The molecule has 0 aliphatic heterocycles. The topological polar surface area (TPSA) is 47.5 Å². The van der Waals surface area contributed by atoms with E-state index in [0.29, 0.717) is 21.4 Å². The van der Waals surface area contributed by atoms with E-state index in [1.807, 2.05) is 4.57 Å². The second-order valence-electron chi connectivity index (χ2n) is 4.41. The number of thiazole rings is 1. The monoisotopic (exact) mass is 352 g/mol. The van der Waals surface area contributed by atoms with Gasteiger partial charge in [0.15, 0.2) is 10.6 Å². The van der Waals surface area contributed by atoms with E-state index in [2.05, 4.69) is 11.6 Å². The van der Waals surface area contributed by atoms with Gasteiger partial charge in [0, 0.05) is 11.6 Å². The van der Waals surface area contributed by atoms with Gasteiger partial charge in [-0.05, 0) is 24.3 Å². The number of carbonyl (C=O) groups is 1. The lowest BCUT2D eigenvalue weighted by Crippen LogP contribution is -2.16. The standard InChI is InChI=1S/C15H10Cl2N2O2S/c1-2-5-19-13-10(17)7-9(16)8-12(13)22-15(19)18-14(20)11-4-3-6-21-11/h2-4,6-8H,1,5H2. The SMILES string of the molecule is C=CCn1c(=NC(=O)c2ccco2)sc2cc(Cl)cc(Cl)c21. The third-order valence-corrected chi connectivity index (χ3v) is 4.47. The zero-order chi connectivity index (χ0) is 15.7. The van der Waals surface area contributed by atoms with E-state index in [9.17, 15) is 4.79 Å². The Bertz CT molecular complexity index is 923. The van der Waals surface area contributed by atoms with Crippen LogP contribution in [-0.2, 0) is 6.54 Å². The van der Waals surface area contributed by atoms with Crippen LogP contribution in [0.15, 0.2) is 52.6 Å². The molecule has 0 unspecified atom stereocenters. The minimum atomic E-state index is -0.448. The summed E-state index contributed by atoms with van der Waals surface area (Å²) in [7, 11) is 0. The quantitative estimate of drug-likeness (QED) is 0.650. The fraction of sp³-hybridized carbons (Fsp3) is 0.0667. The summed E-state index contributed by atoms with van der Waals surface area (Å²) < 4.78 is 7.75. The number of hydrogen-bond donors (Lipinski definition) is 0. The van der Waals surface area contributed by atoms with Gasteiger partial charge in [-0.15, -0.1) is 6.58 Å². The summed E-state index contributed by atoms with van der Waals surface area (Å²) >= 11 is 13.6. The van der Waals surface area contributed by atoms with Gasteiger partial charge in [-0.3, -0.25) is 4.79 Å². The van der Waals surface area contributed by atoms with Crippen molar-refractivity contribution in [2.75, 3.05) is 0 Å². The highest BCUT2D eigenvalue weighted by molar-refractivity contribution is 7.16. The van der Waals surface area contributed by atoms with Crippen LogP contribution < -0.4 is 4.80 Å². The lowest BCUT2D eigenvalue weighted by atomic mass is 10.3. The number of carbonyl (C=O) groups excluding carboxylic acids is 1. The Balaban J connectivity index is 2.24. The van der Waals surface area contributed by atoms with Crippen molar-refractivity contribution >= 4 is 50.7 Å². The lowest BCUT2D eigenvalue weighted by molar-refractivity contribution is 0.0971. The van der Waals surface area contributed by atoms with Gasteiger partial charge in [0.1, 0.15) is 0 Å². The highest BCUT2D eigenvalue weighted by atomic mass is 35.5. The molecule has 1 amide bonds. The first-order valence-electron chi connectivity index (χ1n) is 6.32. The van der Waals surface area contributed by atoms with Crippen molar-refractivity contribution in [2.24, 2.45) is 4.99 Å². The Morgan fingerprint density at radius 1 is 1.45 bits per heavy atom. The zero-order valence-electron chi connectivity index (χ0n) is 11.3. The van der Waals surface area contributed by atoms with Crippen LogP contribution in [0.4, 0.5) is 0 Å². The summed E-state index contributed by atoms with van der Waals surface area (Å²) in [4.78, 5) is 16.8. The van der Waals surface area contributed by atoms with Crippen LogP contribution in [0.1, 0.15) is 10.6 Å². The van der Waals surface area contributed by atoms with Gasteiger partial charge < -0.3 is 8.98 Å². The summed E-state index contributed by atoms with van der Waals surface area (Å²) in [6, 6.07) is 6.67. The predicted octanol–water partition coefficient (Wildman–Crippen LogP) is 4.53. The molecular formula is C15H10Cl2N2O2S. The minimum Gasteiger partial charge on any atom is -0.459 e. The van der Waals surface area contributed by atoms with E-state index in [1.165, 1.54) is 17.6 Å². The van der Waals surface area contributed by atoms with Gasteiger partial charge >= 0.3 is 5.91 Å². The van der Waals surface area contributed by atoms with Gasteiger partial charge in [0.2, 0.25) is 0 Å². The smallest absolute Gasteiger partial charge is 0.315 e. The van der Waals surface area contributed by atoms with E-state index in [0.717, 1.165) is 10.2 Å². The molecule has 22 heavy (non-hydrogen) atoms. The number of benzene rings is 1. The number of amides is 1. The van der Waals surface area contributed by atoms with Crippen LogP contribution in [0.5, 0.6) is 0 Å². The molecule has 3 rings (SSSR count). The van der Waals surface area contributed by atoms with Crippen LogP contribution in [0.25, 0.3) is 10.2 Å². The number of fused-ring (bicyclic) bond motifs is 1. The summed E-state index contributed by atoms with van der Waals surface area (Å²) in [6.07, 6.45) is 3.15. The molecule has 0 bridgehead atoms. The van der Waals surface area contributed by atoms with Crippen molar-refractivity contribution in [3.05, 3.63) is 63.8 Å². The molecule has 0 aliphatic carbocycles. The molecule has 3 aromatic rings. The van der Waals surface area contributed by atoms with Crippen molar-refractivity contribution < 1.29 is 9.21 Å². The highest BCUT2D eigenvalue weighted by Gasteiger charge is 2.13. The second kappa shape index (κ2) is 6.12. The molecule has 0 fully saturated rings. The Labute approximate surface area is 139 Å². The molecule has 0 spiro atoms. The second-order valence-corrected chi connectivity index (χ2v) is 6.27. The maximum absolute atomic E-state index is 12.1. The number of halogens is 2.